The SMILES string of the molecule is CCn1nc(C(C)=O)cc1-c1ccc(F)cc1. The summed E-state index contributed by atoms with van der Waals surface area (Å²) in [6.07, 6.45) is 0. The fourth-order valence-corrected chi connectivity index (χ4v) is 1.68. The predicted molar refractivity (Wildman–Crippen MR) is 63.3 cm³/mol. The van der Waals surface area contributed by atoms with Crippen LogP contribution in [0.2, 0.25) is 0 Å². The van der Waals surface area contributed by atoms with Gasteiger partial charge in [-0.2, -0.15) is 5.10 Å². The molecule has 0 aliphatic carbocycles. The number of rotatable bonds is 3. The molecule has 0 spiro atoms. The summed E-state index contributed by atoms with van der Waals surface area (Å²) in [5, 5.41) is 4.20. The van der Waals surface area contributed by atoms with Gasteiger partial charge in [0.15, 0.2) is 5.78 Å². The second-order valence-corrected chi connectivity index (χ2v) is 3.79. The summed E-state index contributed by atoms with van der Waals surface area (Å²) in [6.45, 7) is 4.10. The van der Waals surface area contributed by atoms with Gasteiger partial charge in [-0.1, -0.05) is 0 Å². The fourth-order valence-electron chi connectivity index (χ4n) is 1.68. The van der Waals surface area contributed by atoms with Gasteiger partial charge >= 0.3 is 0 Å². The predicted octanol–water partition coefficient (Wildman–Crippen LogP) is 2.91. The van der Waals surface area contributed by atoms with Gasteiger partial charge in [0.2, 0.25) is 0 Å². The molecule has 0 unspecified atom stereocenters. The molecular formula is C13H13FN2O. The zero-order chi connectivity index (χ0) is 12.4. The van der Waals surface area contributed by atoms with Gasteiger partial charge in [-0.3, -0.25) is 9.48 Å². The highest BCUT2D eigenvalue weighted by molar-refractivity contribution is 5.93. The van der Waals surface area contributed by atoms with Crippen molar-refractivity contribution in [1.29, 1.82) is 0 Å². The quantitative estimate of drug-likeness (QED) is 0.762. The number of hydrogen-bond donors (Lipinski definition) is 0. The fraction of sp³-hybridized carbons (Fsp3) is 0.231. The minimum atomic E-state index is -0.275. The zero-order valence-corrected chi connectivity index (χ0v) is 9.77. The highest BCUT2D eigenvalue weighted by atomic mass is 19.1. The van der Waals surface area contributed by atoms with Crippen LogP contribution >= 0.6 is 0 Å². The smallest absolute Gasteiger partial charge is 0.180 e. The monoisotopic (exact) mass is 232 g/mol. The number of halogens is 1. The second-order valence-electron chi connectivity index (χ2n) is 3.79. The molecule has 1 aromatic heterocycles. The van der Waals surface area contributed by atoms with E-state index in [1.807, 2.05) is 6.92 Å². The highest BCUT2D eigenvalue weighted by Crippen LogP contribution is 2.21. The standard InChI is InChI=1S/C13H13FN2O/c1-3-16-13(8-12(15-16)9(2)17)10-4-6-11(14)7-5-10/h4-8H,3H2,1-2H3. The molecule has 0 fully saturated rings. The molecule has 0 N–H and O–H groups in total. The van der Waals surface area contributed by atoms with E-state index in [4.69, 9.17) is 0 Å². The van der Waals surface area contributed by atoms with Crippen molar-refractivity contribution in [1.82, 2.24) is 9.78 Å². The van der Waals surface area contributed by atoms with E-state index in [9.17, 15) is 9.18 Å². The Bertz CT molecular complexity index is 543. The average molecular weight is 232 g/mol. The van der Waals surface area contributed by atoms with Crippen LogP contribution in [0.3, 0.4) is 0 Å². The van der Waals surface area contributed by atoms with Gasteiger partial charge in [0.25, 0.3) is 0 Å². The summed E-state index contributed by atoms with van der Waals surface area (Å²) >= 11 is 0. The number of hydrogen-bond acceptors (Lipinski definition) is 2. The van der Waals surface area contributed by atoms with Crippen LogP contribution in [0.15, 0.2) is 30.3 Å². The van der Waals surface area contributed by atoms with Crippen molar-refractivity contribution >= 4 is 5.78 Å². The number of Topliss-reactive ketones (excluding diaryl/α,β-unsaturated/α-hetero) is 1. The molecule has 0 bridgehead atoms. The number of aryl methyl sites for hydroxylation is 1. The van der Waals surface area contributed by atoms with Crippen molar-refractivity contribution in [3.8, 4) is 11.3 Å². The normalized spacial score (nSPS) is 10.5. The molecule has 0 saturated carbocycles. The van der Waals surface area contributed by atoms with Crippen LogP contribution in [0.4, 0.5) is 4.39 Å². The lowest BCUT2D eigenvalue weighted by atomic mass is 10.1. The van der Waals surface area contributed by atoms with Crippen LogP contribution in [-0.2, 0) is 6.54 Å². The molecule has 0 aliphatic rings. The number of benzene rings is 1. The molecule has 0 saturated heterocycles. The van der Waals surface area contributed by atoms with E-state index >= 15 is 0 Å². The maximum atomic E-state index is 12.8. The summed E-state index contributed by atoms with van der Waals surface area (Å²) in [7, 11) is 0. The summed E-state index contributed by atoms with van der Waals surface area (Å²) in [5.74, 6) is -0.344. The first kappa shape index (κ1) is 11.5. The molecule has 17 heavy (non-hydrogen) atoms. The Kier molecular flexibility index (Phi) is 3.04. The van der Waals surface area contributed by atoms with E-state index < -0.39 is 0 Å². The largest absolute Gasteiger partial charge is 0.293 e. The third kappa shape index (κ3) is 2.25. The van der Waals surface area contributed by atoms with Gasteiger partial charge in [-0.15, -0.1) is 0 Å². The summed E-state index contributed by atoms with van der Waals surface area (Å²) in [6, 6.07) is 7.90. The molecule has 0 radical (unpaired) electrons. The number of ketones is 1. The van der Waals surface area contributed by atoms with E-state index in [2.05, 4.69) is 5.10 Å². The Morgan fingerprint density at radius 2 is 2.00 bits per heavy atom. The topological polar surface area (TPSA) is 34.9 Å². The van der Waals surface area contributed by atoms with E-state index in [0.29, 0.717) is 12.2 Å². The molecule has 1 heterocycles. The van der Waals surface area contributed by atoms with Crippen LogP contribution in [-0.4, -0.2) is 15.6 Å². The Morgan fingerprint density at radius 1 is 1.35 bits per heavy atom. The average Bonchev–Trinajstić information content (AvgIpc) is 2.74. The lowest BCUT2D eigenvalue weighted by Crippen LogP contribution is -2.01. The summed E-state index contributed by atoms with van der Waals surface area (Å²) in [4.78, 5) is 11.3. The van der Waals surface area contributed by atoms with Crippen LogP contribution < -0.4 is 0 Å². The van der Waals surface area contributed by atoms with Crippen molar-refractivity contribution in [3.63, 3.8) is 0 Å². The van der Waals surface area contributed by atoms with Gasteiger partial charge < -0.3 is 0 Å². The van der Waals surface area contributed by atoms with Gasteiger partial charge in [0.05, 0.1) is 5.69 Å². The molecule has 88 valence electrons. The Balaban J connectivity index is 2.50. The lowest BCUT2D eigenvalue weighted by molar-refractivity contribution is 0.101. The summed E-state index contributed by atoms with van der Waals surface area (Å²) in [5.41, 5.74) is 2.12. The van der Waals surface area contributed by atoms with E-state index in [1.165, 1.54) is 19.1 Å². The Labute approximate surface area is 98.9 Å². The molecular weight excluding hydrogens is 219 g/mol. The van der Waals surface area contributed by atoms with Crippen molar-refractivity contribution in [2.24, 2.45) is 0 Å². The van der Waals surface area contributed by atoms with Gasteiger partial charge in [0.1, 0.15) is 11.5 Å². The van der Waals surface area contributed by atoms with Gasteiger partial charge in [-0.05, 0) is 37.3 Å². The van der Waals surface area contributed by atoms with Crippen LogP contribution in [0, 0.1) is 5.82 Å². The second kappa shape index (κ2) is 4.49. The van der Waals surface area contributed by atoms with Crippen molar-refractivity contribution in [3.05, 3.63) is 41.8 Å². The first-order valence-electron chi connectivity index (χ1n) is 5.46. The van der Waals surface area contributed by atoms with Gasteiger partial charge in [0, 0.05) is 19.0 Å². The molecule has 1 aromatic carbocycles. The third-order valence-electron chi connectivity index (χ3n) is 2.58. The number of nitrogens with zero attached hydrogens (tertiary/aromatic N) is 2. The molecule has 3 nitrogen and oxygen atoms in total. The summed E-state index contributed by atoms with van der Waals surface area (Å²) < 4.78 is 14.6. The van der Waals surface area contributed by atoms with Crippen LogP contribution in [0.25, 0.3) is 11.3 Å². The van der Waals surface area contributed by atoms with E-state index in [0.717, 1.165) is 11.3 Å². The van der Waals surface area contributed by atoms with E-state index in [-0.39, 0.29) is 11.6 Å². The highest BCUT2D eigenvalue weighted by Gasteiger charge is 2.11. The van der Waals surface area contributed by atoms with Crippen LogP contribution in [0.1, 0.15) is 24.3 Å². The lowest BCUT2D eigenvalue weighted by Gasteiger charge is -2.03. The molecule has 0 aliphatic heterocycles. The van der Waals surface area contributed by atoms with Crippen molar-refractivity contribution in [2.45, 2.75) is 20.4 Å². The van der Waals surface area contributed by atoms with E-state index in [1.54, 1.807) is 22.9 Å². The number of aromatic nitrogens is 2. The third-order valence-corrected chi connectivity index (χ3v) is 2.58. The molecule has 0 atom stereocenters. The maximum absolute atomic E-state index is 12.8. The molecule has 2 rings (SSSR count). The number of carbonyl (C=O) groups is 1. The zero-order valence-electron chi connectivity index (χ0n) is 9.77. The minimum absolute atomic E-state index is 0.0689. The van der Waals surface area contributed by atoms with Crippen molar-refractivity contribution in [2.75, 3.05) is 0 Å². The molecule has 4 heteroatoms. The van der Waals surface area contributed by atoms with Crippen molar-refractivity contribution < 1.29 is 9.18 Å². The molecule has 0 amide bonds. The minimum Gasteiger partial charge on any atom is -0.293 e. The first-order valence-corrected chi connectivity index (χ1v) is 5.46. The van der Waals surface area contributed by atoms with Gasteiger partial charge in [-0.25, -0.2) is 4.39 Å². The maximum Gasteiger partial charge on any atom is 0.180 e. The Hall–Kier alpha value is -1.97. The molecule has 2 aromatic rings. The van der Waals surface area contributed by atoms with Crippen LogP contribution in [0.5, 0.6) is 0 Å². The Morgan fingerprint density at radius 3 is 2.53 bits per heavy atom. The first-order chi connectivity index (χ1) is 8.11. The number of carbonyl (C=O) groups excluding carboxylic acids is 1.